The Kier molecular flexibility index (Phi) is 8.30. The fourth-order valence-electron chi connectivity index (χ4n) is 2.84. The van der Waals surface area contributed by atoms with Crippen LogP contribution in [0, 0.1) is 5.82 Å². The first-order chi connectivity index (χ1) is 14.4. The van der Waals surface area contributed by atoms with E-state index in [0.717, 1.165) is 22.2 Å². The van der Waals surface area contributed by atoms with Crippen molar-refractivity contribution < 1.29 is 30.8 Å². The van der Waals surface area contributed by atoms with E-state index in [2.05, 4.69) is 5.32 Å². The number of sulfonamides is 1. The maximum Gasteiger partial charge on any atom is 0.417 e. The molecule has 0 radical (unpaired) electrons. The van der Waals surface area contributed by atoms with Crippen LogP contribution >= 0.6 is 11.6 Å². The summed E-state index contributed by atoms with van der Waals surface area (Å²) >= 11 is 5.59. The number of rotatable bonds is 9. The molecule has 31 heavy (non-hydrogen) atoms. The monoisotopic (exact) mass is 480 g/mol. The summed E-state index contributed by atoms with van der Waals surface area (Å²) in [5, 5.41) is 2.13. The Balaban J connectivity index is 1.94. The molecule has 0 saturated carbocycles. The van der Waals surface area contributed by atoms with Crippen molar-refractivity contribution in [3.63, 3.8) is 0 Å². The standard InChI is InChI=1S/C20H21ClF4N2O3S/c1-31(29,30)27(16-8-9-18(21)17(13-16)20(23,24)25)12-2-3-19(28)26-11-10-14-4-6-15(22)7-5-14/h4-9,13H,2-3,10-12H2,1H3,(H,26,28). The van der Waals surface area contributed by atoms with Crippen molar-refractivity contribution in [1.82, 2.24) is 5.32 Å². The van der Waals surface area contributed by atoms with Crippen molar-refractivity contribution in [3.05, 3.63) is 64.4 Å². The molecule has 0 aliphatic rings. The molecular weight excluding hydrogens is 460 g/mol. The van der Waals surface area contributed by atoms with Crippen LogP contribution in [0.2, 0.25) is 5.02 Å². The Bertz CT molecular complexity index is 1010. The van der Waals surface area contributed by atoms with Crippen molar-refractivity contribution >= 4 is 33.2 Å². The summed E-state index contributed by atoms with van der Waals surface area (Å²) in [6.07, 6.45) is -3.29. The number of nitrogens with zero attached hydrogens (tertiary/aromatic N) is 1. The number of hydrogen-bond donors (Lipinski definition) is 1. The molecule has 1 N–H and O–H groups in total. The van der Waals surface area contributed by atoms with Gasteiger partial charge in [0.1, 0.15) is 5.82 Å². The lowest BCUT2D eigenvalue weighted by Crippen LogP contribution is -2.32. The third-order valence-electron chi connectivity index (χ3n) is 4.36. The summed E-state index contributed by atoms with van der Waals surface area (Å²) in [4.78, 5) is 12.0. The third-order valence-corrected chi connectivity index (χ3v) is 5.88. The number of anilines is 1. The zero-order valence-corrected chi connectivity index (χ0v) is 18.1. The number of amides is 1. The molecule has 0 spiro atoms. The van der Waals surface area contributed by atoms with Gasteiger partial charge in [-0.15, -0.1) is 0 Å². The molecule has 0 unspecified atom stereocenters. The van der Waals surface area contributed by atoms with Crippen LogP contribution in [-0.2, 0) is 27.4 Å². The van der Waals surface area contributed by atoms with Gasteiger partial charge in [-0.25, -0.2) is 12.8 Å². The Morgan fingerprint density at radius 3 is 2.35 bits per heavy atom. The maximum atomic E-state index is 13.1. The summed E-state index contributed by atoms with van der Waals surface area (Å²) in [5.74, 6) is -0.686. The van der Waals surface area contributed by atoms with E-state index in [4.69, 9.17) is 11.6 Å². The van der Waals surface area contributed by atoms with Gasteiger partial charge >= 0.3 is 6.18 Å². The Labute approximate surface area is 183 Å². The quantitative estimate of drug-likeness (QED) is 0.541. The third kappa shape index (κ3) is 7.70. The van der Waals surface area contributed by atoms with E-state index in [-0.39, 0.29) is 36.8 Å². The van der Waals surface area contributed by atoms with Gasteiger partial charge in [0.05, 0.1) is 22.5 Å². The Hall–Kier alpha value is -2.33. The highest BCUT2D eigenvalue weighted by atomic mass is 35.5. The lowest BCUT2D eigenvalue weighted by molar-refractivity contribution is -0.137. The zero-order chi connectivity index (χ0) is 23.2. The normalized spacial score (nSPS) is 11.9. The average Bonchev–Trinajstić information content (AvgIpc) is 2.66. The second-order valence-electron chi connectivity index (χ2n) is 6.83. The highest BCUT2D eigenvalue weighted by Gasteiger charge is 2.34. The van der Waals surface area contributed by atoms with Gasteiger partial charge in [-0.05, 0) is 48.7 Å². The molecule has 0 aliphatic carbocycles. The topological polar surface area (TPSA) is 66.5 Å². The van der Waals surface area contributed by atoms with E-state index >= 15 is 0 Å². The van der Waals surface area contributed by atoms with Crippen molar-refractivity contribution in [1.29, 1.82) is 0 Å². The van der Waals surface area contributed by atoms with Crippen molar-refractivity contribution in [3.8, 4) is 0 Å². The van der Waals surface area contributed by atoms with Crippen LogP contribution in [-0.4, -0.2) is 33.7 Å². The molecule has 0 heterocycles. The number of halogens is 5. The number of benzene rings is 2. The molecule has 2 rings (SSSR count). The summed E-state index contributed by atoms with van der Waals surface area (Å²) in [5.41, 5.74) is -0.483. The molecule has 11 heteroatoms. The predicted molar refractivity (Wildman–Crippen MR) is 111 cm³/mol. The first kappa shape index (κ1) is 24.9. The second kappa shape index (κ2) is 10.3. The molecule has 170 valence electrons. The molecular formula is C20H21ClF4N2O3S. The number of nitrogens with one attached hydrogen (secondary N) is 1. The van der Waals surface area contributed by atoms with Crippen molar-refractivity contribution in [2.45, 2.75) is 25.4 Å². The van der Waals surface area contributed by atoms with E-state index in [9.17, 15) is 30.8 Å². The SMILES string of the molecule is CS(=O)(=O)N(CCCC(=O)NCCc1ccc(F)cc1)c1ccc(Cl)c(C(F)(F)F)c1. The largest absolute Gasteiger partial charge is 0.417 e. The molecule has 0 bridgehead atoms. The van der Waals surface area contributed by atoms with Gasteiger partial charge in [-0.2, -0.15) is 13.2 Å². The van der Waals surface area contributed by atoms with Crippen LogP contribution in [0.3, 0.4) is 0 Å². The van der Waals surface area contributed by atoms with E-state index in [1.807, 2.05) is 0 Å². The van der Waals surface area contributed by atoms with Gasteiger partial charge in [0.2, 0.25) is 15.9 Å². The minimum absolute atomic E-state index is 0.0187. The van der Waals surface area contributed by atoms with Gasteiger partial charge < -0.3 is 5.32 Å². The Morgan fingerprint density at radius 1 is 1.13 bits per heavy atom. The van der Waals surface area contributed by atoms with E-state index in [1.165, 1.54) is 18.2 Å². The fourth-order valence-corrected chi connectivity index (χ4v) is 4.02. The number of carbonyl (C=O) groups excluding carboxylic acids is 1. The summed E-state index contributed by atoms with van der Waals surface area (Å²) in [6, 6.07) is 8.68. The van der Waals surface area contributed by atoms with Crippen LogP contribution in [0.25, 0.3) is 0 Å². The Morgan fingerprint density at radius 2 is 1.77 bits per heavy atom. The second-order valence-corrected chi connectivity index (χ2v) is 9.14. The molecule has 0 aromatic heterocycles. The summed E-state index contributed by atoms with van der Waals surface area (Å²) in [6.45, 7) is 0.134. The van der Waals surface area contributed by atoms with Gasteiger partial charge in [-0.1, -0.05) is 23.7 Å². The smallest absolute Gasteiger partial charge is 0.356 e. The first-order valence-electron chi connectivity index (χ1n) is 9.23. The number of alkyl halides is 3. The van der Waals surface area contributed by atoms with E-state index in [0.29, 0.717) is 19.0 Å². The molecule has 0 saturated heterocycles. The van der Waals surface area contributed by atoms with E-state index < -0.39 is 26.8 Å². The number of hydrogen-bond acceptors (Lipinski definition) is 3. The zero-order valence-electron chi connectivity index (χ0n) is 16.5. The number of carbonyl (C=O) groups is 1. The minimum atomic E-state index is -4.74. The van der Waals surface area contributed by atoms with Crippen LogP contribution in [0.4, 0.5) is 23.2 Å². The van der Waals surface area contributed by atoms with Crippen molar-refractivity contribution in [2.75, 3.05) is 23.7 Å². The van der Waals surface area contributed by atoms with Crippen LogP contribution < -0.4 is 9.62 Å². The molecule has 0 atom stereocenters. The van der Waals surface area contributed by atoms with E-state index in [1.54, 1.807) is 12.1 Å². The van der Waals surface area contributed by atoms with Crippen LogP contribution in [0.15, 0.2) is 42.5 Å². The van der Waals surface area contributed by atoms with Gasteiger partial charge in [0.15, 0.2) is 0 Å². The fraction of sp³-hybridized carbons (Fsp3) is 0.350. The van der Waals surface area contributed by atoms with Crippen molar-refractivity contribution in [2.24, 2.45) is 0 Å². The highest BCUT2D eigenvalue weighted by molar-refractivity contribution is 7.92. The van der Waals surface area contributed by atoms with Gasteiger partial charge in [-0.3, -0.25) is 9.10 Å². The van der Waals surface area contributed by atoms with Crippen LogP contribution in [0.1, 0.15) is 24.0 Å². The van der Waals surface area contributed by atoms with Gasteiger partial charge in [0.25, 0.3) is 0 Å². The summed E-state index contributed by atoms with van der Waals surface area (Å²) in [7, 11) is -3.89. The lowest BCUT2D eigenvalue weighted by atomic mass is 10.1. The maximum absolute atomic E-state index is 13.1. The molecule has 2 aromatic rings. The van der Waals surface area contributed by atoms with Crippen LogP contribution in [0.5, 0.6) is 0 Å². The predicted octanol–water partition coefficient (Wildman–Crippen LogP) is 4.40. The minimum Gasteiger partial charge on any atom is -0.356 e. The van der Waals surface area contributed by atoms with Gasteiger partial charge in [0, 0.05) is 19.5 Å². The average molecular weight is 481 g/mol. The first-order valence-corrected chi connectivity index (χ1v) is 11.5. The summed E-state index contributed by atoms with van der Waals surface area (Å²) < 4.78 is 77.1. The molecule has 5 nitrogen and oxygen atoms in total. The molecule has 0 aliphatic heterocycles. The highest BCUT2D eigenvalue weighted by Crippen LogP contribution is 2.37. The molecule has 1 amide bonds. The molecule has 0 fully saturated rings. The molecule has 2 aromatic carbocycles. The lowest BCUT2D eigenvalue weighted by Gasteiger charge is -2.23.